The number of nitrogens with zero attached hydrogens (tertiary/aromatic N) is 2. The third-order valence-electron chi connectivity index (χ3n) is 4.02. The lowest BCUT2D eigenvalue weighted by Gasteiger charge is -2.16. The molecule has 0 radical (unpaired) electrons. The van der Waals surface area contributed by atoms with Crippen LogP contribution in [0.5, 0.6) is 0 Å². The van der Waals surface area contributed by atoms with Gasteiger partial charge in [-0.05, 0) is 30.2 Å². The summed E-state index contributed by atoms with van der Waals surface area (Å²) in [6, 6.07) is 14.4. The first-order chi connectivity index (χ1) is 11.7. The molecule has 0 aliphatic rings. The number of imidazole rings is 1. The topological polar surface area (TPSA) is 46.9 Å². The maximum atomic E-state index is 12.3. The summed E-state index contributed by atoms with van der Waals surface area (Å²) >= 11 is 1.47. The molecule has 24 heavy (non-hydrogen) atoms. The van der Waals surface area contributed by atoms with Gasteiger partial charge in [-0.25, -0.2) is 4.98 Å². The lowest BCUT2D eigenvalue weighted by atomic mass is 10.00. The highest BCUT2D eigenvalue weighted by Crippen LogP contribution is 2.24. The lowest BCUT2D eigenvalue weighted by Crippen LogP contribution is -2.28. The molecule has 0 spiro atoms. The number of aryl methyl sites for hydroxylation is 1. The van der Waals surface area contributed by atoms with Crippen molar-refractivity contribution in [3.05, 3.63) is 60.4 Å². The molecule has 3 aromatic rings. The predicted molar refractivity (Wildman–Crippen MR) is 99.1 cm³/mol. The number of benzene rings is 2. The van der Waals surface area contributed by atoms with Gasteiger partial charge in [0.15, 0.2) is 5.16 Å². The molecular formula is C19H21N3OS. The Balaban J connectivity index is 1.65. The summed E-state index contributed by atoms with van der Waals surface area (Å²) in [4.78, 5) is 16.6. The minimum Gasteiger partial charge on any atom is -0.349 e. The highest BCUT2D eigenvalue weighted by Gasteiger charge is 2.13. The Hall–Kier alpha value is -2.27. The van der Waals surface area contributed by atoms with E-state index in [1.807, 2.05) is 35.9 Å². The molecule has 0 fully saturated rings. The van der Waals surface area contributed by atoms with Gasteiger partial charge in [0.1, 0.15) is 0 Å². The summed E-state index contributed by atoms with van der Waals surface area (Å²) < 4.78 is 2.03. The van der Waals surface area contributed by atoms with Crippen LogP contribution in [0.3, 0.4) is 0 Å². The monoisotopic (exact) mass is 339 g/mol. The zero-order chi connectivity index (χ0) is 16.9. The molecule has 0 saturated heterocycles. The van der Waals surface area contributed by atoms with Gasteiger partial charge < -0.3 is 9.88 Å². The van der Waals surface area contributed by atoms with Crippen molar-refractivity contribution < 1.29 is 4.79 Å². The zero-order valence-corrected chi connectivity index (χ0v) is 14.7. The minimum absolute atomic E-state index is 0.0195. The molecule has 3 rings (SSSR count). The molecule has 0 bridgehead atoms. The van der Waals surface area contributed by atoms with E-state index in [0.29, 0.717) is 5.75 Å². The van der Waals surface area contributed by atoms with E-state index in [1.165, 1.54) is 22.5 Å². The molecule has 1 N–H and O–H groups in total. The molecule has 1 heterocycles. The zero-order valence-electron chi connectivity index (χ0n) is 13.9. The van der Waals surface area contributed by atoms with Crippen LogP contribution in [0, 0.1) is 0 Å². The first kappa shape index (κ1) is 16.6. The minimum atomic E-state index is -0.0323. The van der Waals surface area contributed by atoms with Gasteiger partial charge in [0.25, 0.3) is 0 Å². The highest BCUT2D eigenvalue weighted by molar-refractivity contribution is 7.99. The van der Waals surface area contributed by atoms with Crippen LogP contribution in [0.4, 0.5) is 0 Å². The van der Waals surface area contributed by atoms with Gasteiger partial charge in [-0.3, -0.25) is 4.79 Å². The highest BCUT2D eigenvalue weighted by atomic mass is 32.2. The van der Waals surface area contributed by atoms with Gasteiger partial charge in [-0.2, -0.15) is 0 Å². The van der Waals surface area contributed by atoms with E-state index in [1.54, 1.807) is 6.20 Å². The summed E-state index contributed by atoms with van der Waals surface area (Å²) in [6.07, 6.45) is 3.70. The predicted octanol–water partition coefficient (Wildman–Crippen LogP) is 4.03. The lowest BCUT2D eigenvalue weighted by molar-refractivity contribution is -0.119. The molecule has 0 aliphatic heterocycles. The van der Waals surface area contributed by atoms with Crippen LogP contribution >= 0.6 is 11.8 Å². The van der Waals surface area contributed by atoms with Crippen molar-refractivity contribution in [2.75, 3.05) is 5.75 Å². The second kappa shape index (κ2) is 7.53. The van der Waals surface area contributed by atoms with Crippen LogP contribution in [0.2, 0.25) is 0 Å². The quantitative estimate of drug-likeness (QED) is 0.690. The summed E-state index contributed by atoms with van der Waals surface area (Å²) in [5.41, 5.74) is 1.14. The Morgan fingerprint density at radius 2 is 2.04 bits per heavy atom. The van der Waals surface area contributed by atoms with Crippen LogP contribution in [-0.2, 0) is 11.3 Å². The number of nitrogens with one attached hydrogen (secondary N) is 1. The SMILES string of the molecule is CCn1ccnc1SCC(=O)NC(C)c1cccc2ccccc12. The molecular weight excluding hydrogens is 318 g/mol. The van der Waals surface area contributed by atoms with Crippen LogP contribution in [-0.4, -0.2) is 21.2 Å². The molecule has 2 aromatic carbocycles. The van der Waals surface area contributed by atoms with Crippen LogP contribution in [0.1, 0.15) is 25.5 Å². The molecule has 1 unspecified atom stereocenters. The van der Waals surface area contributed by atoms with Crippen molar-refractivity contribution in [2.24, 2.45) is 0 Å². The van der Waals surface area contributed by atoms with Crippen molar-refractivity contribution in [3.8, 4) is 0 Å². The number of thioether (sulfide) groups is 1. The van der Waals surface area contributed by atoms with Crippen LogP contribution in [0.15, 0.2) is 60.0 Å². The van der Waals surface area contributed by atoms with E-state index in [-0.39, 0.29) is 11.9 Å². The smallest absolute Gasteiger partial charge is 0.230 e. The number of rotatable bonds is 6. The van der Waals surface area contributed by atoms with E-state index in [2.05, 4.69) is 41.5 Å². The third kappa shape index (κ3) is 3.62. The number of fused-ring (bicyclic) bond motifs is 1. The van der Waals surface area contributed by atoms with Gasteiger partial charge in [0.2, 0.25) is 5.91 Å². The number of carbonyl (C=O) groups excluding carboxylic acids is 1. The van der Waals surface area contributed by atoms with Gasteiger partial charge in [-0.1, -0.05) is 54.2 Å². The third-order valence-corrected chi connectivity index (χ3v) is 5.02. The first-order valence-electron chi connectivity index (χ1n) is 8.10. The van der Waals surface area contributed by atoms with E-state index in [0.717, 1.165) is 17.3 Å². The number of amides is 1. The van der Waals surface area contributed by atoms with Crippen molar-refractivity contribution in [2.45, 2.75) is 31.6 Å². The fourth-order valence-electron chi connectivity index (χ4n) is 2.80. The Morgan fingerprint density at radius 3 is 2.88 bits per heavy atom. The maximum Gasteiger partial charge on any atom is 0.230 e. The number of hydrogen-bond donors (Lipinski definition) is 1. The Morgan fingerprint density at radius 1 is 1.25 bits per heavy atom. The fraction of sp³-hybridized carbons (Fsp3) is 0.263. The Labute approximate surface area is 146 Å². The Bertz CT molecular complexity index is 838. The van der Waals surface area contributed by atoms with Crippen LogP contribution < -0.4 is 5.32 Å². The van der Waals surface area contributed by atoms with Gasteiger partial charge in [0, 0.05) is 18.9 Å². The van der Waals surface area contributed by atoms with Crippen LogP contribution in [0.25, 0.3) is 10.8 Å². The van der Waals surface area contributed by atoms with Gasteiger partial charge >= 0.3 is 0 Å². The largest absolute Gasteiger partial charge is 0.349 e. The standard InChI is InChI=1S/C19H21N3OS/c1-3-22-12-11-20-19(22)24-13-18(23)21-14(2)16-10-6-8-15-7-4-5-9-17(15)16/h4-12,14H,3,13H2,1-2H3,(H,21,23). The summed E-state index contributed by atoms with van der Waals surface area (Å²) in [6.45, 7) is 4.95. The molecule has 4 nitrogen and oxygen atoms in total. The first-order valence-corrected chi connectivity index (χ1v) is 9.08. The van der Waals surface area contributed by atoms with Gasteiger partial charge in [0.05, 0.1) is 11.8 Å². The average molecular weight is 339 g/mol. The van der Waals surface area contributed by atoms with E-state index in [9.17, 15) is 4.79 Å². The second-order valence-corrected chi connectivity index (χ2v) is 6.58. The van der Waals surface area contributed by atoms with E-state index in [4.69, 9.17) is 0 Å². The Kier molecular flexibility index (Phi) is 5.20. The number of hydrogen-bond acceptors (Lipinski definition) is 3. The average Bonchev–Trinajstić information content (AvgIpc) is 3.07. The molecule has 1 atom stereocenters. The number of aromatic nitrogens is 2. The molecule has 124 valence electrons. The summed E-state index contributed by atoms with van der Waals surface area (Å²) in [5, 5.41) is 6.34. The molecule has 0 aliphatic carbocycles. The second-order valence-electron chi connectivity index (χ2n) is 5.64. The molecule has 0 saturated carbocycles. The summed E-state index contributed by atoms with van der Waals surface area (Å²) in [5.74, 6) is 0.387. The van der Waals surface area contributed by atoms with E-state index >= 15 is 0 Å². The summed E-state index contributed by atoms with van der Waals surface area (Å²) in [7, 11) is 0. The normalized spacial score (nSPS) is 12.2. The van der Waals surface area contributed by atoms with Crippen molar-refractivity contribution in [1.29, 1.82) is 0 Å². The molecule has 1 amide bonds. The van der Waals surface area contributed by atoms with Crippen molar-refractivity contribution in [1.82, 2.24) is 14.9 Å². The fourth-order valence-corrected chi connectivity index (χ4v) is 3.63. The maximum absolute atomic E-state index is 12.3. The van der Waals surface area contributed by atoms with Crippen molar-refractivity contribution >= 4 is 28.4 Å². The molecule has 5 heteroatoms. The number of carbonyl (C=O) groups is 1. The van der Waals surface area contributed by atoms with Gasteiger partial charge in [-0.15, -0.1) is 0 Å². The van der Waals surface area contributed by atoms with E-state index < -0.39 is 0 Å². The van der Waals surface area contributed by atoms with Crippen molar-refractivity contribution in [3.63, 3.8) is 0 Å². The molecule has 1 aromatic heterocycles.